The van der Waals surface area contributed by atoms with Gasteiger partial charge in [-0.3, -0.25) is 19.7 Å². The molecule has 1 aromatic carbocycles. The number of carbonyl (C=O) groups excluding carboxylic acids is 2. The molecule has 1 saturated heterocycles. The predicted octanol–water partition coefficient (Wildman–Crippen LogP) is 2.76. The molecular weight excluding hydrogens is 392 g/mol. The third-order valence-electron chi connectivity index (χ3n) is 4.98. The highest BCUT2D eigenvalue weighted by Crippen LogP contribution is 2.21. The summed E-state index contributed by atoms with van der Waals surface area (Å²) in [6.45, 7) is 6.18. The standard InChI is InChI=1S/C20H24N4O4S/c1-14(2)18(21-19(25)17-4-3-13-29-17)20(26)23-11-9-22(10-12-23)15-5-7-16(8-6-15)24(27)28/h3-8,13-14,18H,9-12H2,1-2H3,(H,21,25)/t18-/m0/s1. The molecule has 1 aliphatic rings. The van der Waals surface area contributed by atoms with Gasteiger partial charge < -0.3 is 15.1 Å². The molecule has 2 amide bonds. The van der Waals surface area contributed by atoms with Gasteiger partial charge in [0.05, 0.1) is 9.80 Å². The Kier molecular flexibility index (Phi) is 6.48. The van der Waals surface area contributed by atoms with Crippen LogP contribution in [-0.2, 0) is 4.79 Å². The van der Waals surface area contributed by atoms with E-state index in [1.54, 1.807) is 23.1 Å². The minimum absolute atomic E-state index is 0.0286. The first-order valence-corrected chi connectivity index (χ1v) is 10.4. The van der Waals surface area contributed by atoms with E-state index in [1.165, 1.54) is 23.5 Å². The average Bonchev–Trinajstić information content (AvgIpc) is 3.26. The number of carbonyl (C=O) groups is 2. The summed E-state index contributed by atoms with van der Waals surface area (Å²) in [5.41, 5.74) is 0.956. The fraction of sp³-hybridized carbons (Fsp3) is 0.400. The first kappa shape index (κ1) is 20.8. The van der Waals surface area contributed by atoms with Crippen LogP contribution in [-0.4, -0.2) is 53.9 Å². The number of hydrogen-bond donors (Lipinski definition) is 1. The van der Waals surface area contributed by atoms with E-state index >= 15 is 0 Å². The molecule has 0 bridgehead atoms. The van der Waals surface area contributed by atoms with Gasteiger partial charge in [0, 0.05) is 44.0 Å². The van der Waals surface area contributed by atoms with Crippen molar-refractivity contribution < 1.29 is 14.5 Å². The molecule has 3 rings (SSSR count). The molecule has 1 aliphatic heterocycles. The van der Waals surface area contributed by atoms with E-state index in [-0.39, 0.29) is 23.4 Å². The molecule has 154 valence electrons. The number of nitro benzene ring substituents is 1. The van der Waals surface area contributed by atoms with Crippen molar-refractivity contribution in [1.29, 1.82) is 0 Å². The smallest absolute Gasteiger partial charge is 0.269 e. The zero-order valence-electron chi connectivity index (χ0n) is 16.4. The van der Waals surface area contributed by atoms with Gasteiger partial charge >= 0.3 is 0 Å². The summed E-state index contributed by atoms with van der Waals surface area (Å²) in [5.74, 6) is -0.330. The van der Waals surface area contributed by atoms with Crippen molar-refractivity contribution in [2.75, 3.05) is 31.1 Å². The van der Waals surface area contributed by atoms with E-state index in [2.05, 4.69) is 10.2 Å². The van der Waals surface area contributed by atoms with Gasteiger partial charge in [-0.05, 0) is 29.5 Å². The number of benzene rings is 1. The second-order valence-electron chi connectivity index (χ2n) is 7.26. The lowest BCUT2D eigenvalue weighted by atomic mass is 10.0. The first-order valence-electron chi connectivity index (χ1n) is 9.49. The maximum absolute atomic E-state index is 13.0. The van der Waals surface area contributed by atoms with Crippen LogP contribution in [0.4, 0.5) is 11.4 Å². The number of nitrogens with one attached hydrogen (secondary N) is 1. The van der Waals surface area contributed by atoms with Crippen LogP contribution in [0.1, 0.15) is 23.5 Å². The van der Waals surface area contributed by atoms with E-state index in [4.69, 9.17) is 0 Å². The second kappa shape index (κ2) is 9.04. The van der Waals surface area contributed by atoms with E-state index in [0.29, 0.717) is 31.1 Å². The van der Waals surface area contributed by atoms with Crippen LogP contribution in [0.5, 0.6) is 0 Å². The number of nitrogens with zero attached hydrogens (tertiary/aromatic N) is 3. The average molecular weight is 417 g/mol. The van der Waals surface area contributed by atoms with Crippen LogP contribution in [0.2, 0.25) is 0 Å². The summed E-state index contributed by atoms with van der Waals surface area (Å²) >= 11 is 1.35. The number of anilines is 1. The predicted molar refractivity (Wildman–Crippen MR) is 112 cm³/mol. The van der Waals surface area contributed by atoms with Crippen molar-refractivity contribution in [2.45, 2.75) is 19.9 Å². The highest BCUT2D eigenvalue weighted by molar-refractivity contribution is 7.12. The Morgan fingerprint density at radius 1 is 1.10 bits per heavy atom. The molecule has 1 N–H and O–H groups in total. The fourth-order valence-corrected chi connectivity index (χ4v) is 3.93. The molecule has 0 spiro atoms. The maximum Gasteiger partial charge on any atom is 0.269 e. The number of thiophene rings is 1. The Morgan fingerprint density at radius 2 is 1.76 bits per heavy atom. The number of rotatable bonds is 6. The summed E-state index contributed by atoms with van der Waals surface area (Å²) in [5, 5.41) is 15.5. The highest BCUT2D eigenvalue weighted by atomic mass is 32.1. The molecule has 1 fully saturated rings. The van der Waals surface area contributed by atoms with Gasteiger partial charge in [0.15, 0.2) is 0 Å². The Bertz CT molecular complexity index is 859. The number of amides is 2. The van der Waals surface area contributed by atoms with Crippen LogP contribution >= 0.6 is 11.3 Å². The Morgan fingerprint density at radius 3 is 2.28 bits per heavy atom. The Balaban J connectivity index is 1.60. The minimum atomic E-state index is -0.574. The molecule has 0 radical (unpaired) electrons. The molecule has 0 saturated carbocycles. The van der Waals surface area contributed by atoms with Crippen molar-refractivity contribution in [1.82, 2.24) is 10.2 Å². The van der Waals surface area contributed by atoms with Gasteiger partial charge in [-0.25, -0.2) is 0 Å². The molecular formula is C20H24N4O4S. The second-order valence-corrected chi connectivity index (χ2v) is 8.21. The Labute approximate surface area is 173 Å². The zero-order valence-corrected chi connectivity index (χ0v) is 17.2. The summed E-state index contributed by atoms with van der Waals surface area (Å²) in [6, 6.07) is 9.41. The van der Waals surface area contributed by atoms with Crippen LogP contribution in [0.15, 0.2) is 41.8 Å². The van der Waals surface area contributed by atoms with Gasteiger partial charge in [0.25, 0.3) is 11.6 Å². The van der Waals surface area contributed by atoms with E-state index in [1.807, 2.05) is 25.3 Å². The SMILES string of the molecule is CC(C)[C@H](NC(=O)c1cccs1)C(=O)N1CCN(c2ccc([N+](=O)[O-])cc2)CC1. The molecule has 2 heterocycles. The molecule has 2 aromatic rings. The van der Waals surface area contributed by atoms with Gasteiger partial charge in [-0.2, -0.15) is 0 Å². The topological polar surface area (TPSA) is 95.8 Å². The molecule has 1 atom stereocenters. The van der Waals surface area contributed by atoms with Crippen molar-refractivity contribution >= 4 is 34.5 Å². The lowest BCUT2D eigenvalue weighted by Gasteiger charge is -2.38. The lowest BCUT2D eigenvalue weighted by Crippen LogP contribution is -2.56. The molecule has 0 unspecified atom stereocenters. The van der Waals surface area contributed by atoms with E-state index < -0.39 is 11.0 Å². The van der Waals surface area contributed by atoms with Gasteiger partial charge in [0.1, 0.15) is 6.04 Å². The van der Waals surface area contributed by atoms with Crippen LogP contribution in [0.3, 0.4) is 0 Å². The van der Waals surface area contributed by atoms with Crippen LogP contribution < -0.4 is 10.2 Å². The van der Waals surface area contributed by atoms with E-state index in [0.717, 1.165) is 5.69 Å². The normalized spacial score (nSPS) is 15.3. The quantitative estimate of drug-likeness (QED) is 0.577. The zero-order chi connectivity index (χ0) is 21.0. The monoisotopic (exact) mass is 416 g/mol. The third kappa shape index (κ3) is 4.92. The third-order valence-corrected chi connectivity index (χ3v) is 5.85. The fourth-order valence-electron chi connectivity index (χ4n) is 3.30. The summed E-state index contributed by atoms with van der Waals surface area (Å²) in [4.78, 5) is 40.3. The first-order chi connectivity index (χ1) is 13.9. The number of piperazine rings is 1. The molecule has 29 heavy (non-hydrogen) atoms. The molecule has 8 nitrogen and oxygen atoms in total. The highest BCUT2D eigenvalue weighted by Gasteiger charge is 2.31. The van der Waals surface area contributed by atoms with Crippen molar-refractivity contribution in [3.05, 3.63) is 56.8 Å². The van der Waals surface area contributed by atoms with E-state index in [9.17, 15) is 19.7 Å². The maximum atomic E-state index is 13.0. The number of non-ortho nitro benzene ring substituents is 1. The van der Waals surface area contributed by atoms with Crippen molar-refractivity contribution in [2.24, 2.45) is 5.92 Å². The van der Waals surface area contributed by atoms with Crippen LogP contribution in [0, 0.1) is 16.0 Å². The lowest BCUT2D eigenvalue weighted by molar-refractivity contribution is -0.384. The van der Waals surface area contributed by atoms with Crippen molar-refractivity contribution in [3.8, 4) is 0 Å². The van der Waals surface area contributed by atoms with Gasteiger partial charge in [0.2, 0.25) is 5.91 Å². The summed E-state index contributed by atoms with van der Waals surface area (Å²) in [6.07, 6.45) is 0. The van der Waals surface area contributed by atoms with Crippen molar-refractivity contribution in [3.63, 3.8) is 0 Å². The largest absolute Gasteiger partial charge is 0.368 e. The minimum Gasteiger partial charge on any atom is -0.368 e. The summed E-state index contributed by atoms with van der Waals surface area (Å²) < 4.78 is 0. The Hall–Kier alpha value is -2.94. The molecule has 9 heteroatoms. The van der Waals surface area contributed by atoms with Gasteiger partial charge in [-0.1, -0.05) is 19.9 Å². The number of hydrogen-bond acceptors (Lipinski definition) is 6. The van der Waals surface area contributed by atoms with Gasteiger partial charge in [-0.15, -0.1) is 11.3 Å². The van der Waals surface area contributed by atoms with Crippen LogP contribution in [0.25, 0.3) is 0 Å². The molecule has 0 aliphatic carbocycles. The number of nitro groups is 1. The summed E-state index contributed by atoms with van der Waals surface area (Å²) in [7, 11) is 0. The molecule has 1 aromatic heterocycles.